The summed E-state index contributed by atoms with van der Waals surface area (Å²) >= 11 is 9.07. The van der Waals surface area contributed by atoms with Gasteiger partial charge >= 0.3 is 0 Å². The van der Waals surface area contributed by atoms with Gasteiger partial charge in [0.15, 0.2) is 5.16 Å². The van der Waals surface area contributed by atoms with Crippen LogP contribution in [-0.2, 0) is 12.2 Å². The zero-order chi connectivity index (χ0) is 18.0. The molecule has 6 heteroatoms. The standard InChI is InChI=1S/C19H21ClN2OS2/c1-4-11(2)9-15-12(3)25-18-16(15)17(23)21-19(22-18)24-10-13-5-7-14(20)8-6-13/h5-8,11H,4,9-10H2,1-3H3,(H,21,22,23)/t11-/m1/s1. The van der Waals surface area contributed by atoms with Crippen molar-refractivity contribution in [2.75, 3.05) is 0 Å². The molecule has 25 heavy (non-hydrogen) atoms. The van der Waals surface area contributed by atoms with Crippen molar-refractivity contribution in [2.45, 2.75) is 44.5 Å². The summed E-state index contributed by atoms with van der Waals surface area (Å²) in [5, 5.41) is 2.17. The van der Waals surface area contributed by atoms with Gasteiger partial charge in [-0.3, -0.25) is 4.79 Å². The van der Waals surface area contributed by atoms with Crippen molar-refractivity contribution in [3.8, 4) is 0 Å². The average molecular weight is 393 g/mol. The molecule has 2 heterocycles. The summed E-state index contributed by atoms with van der Waals surface area (Å²) in [6.07, 6.45) is 2.04. The Balaban J connectivity index is 1.86. The molecular formula is C19H21ClN2OS2. The number of hydrogen-bond acceptors (Lipinski definition) is 4. The Labute approximate surface area is 160 Å². The maximum Gasteiger partial charge on any atom is 0.260 e. The lowest BCUT2D eigenvalue weighted by molar-refractivity contribution is 0.561. The number of aromatic amines is 1. The summed E-state index contributed by atoms with van der Waals surface area (Å²) < 4.78 is 0. The third-order valence-corrected chi connectivity index (χ3v) is 6.62. The molecule has 0 saturated carbocycles. The molecule has 3 nitrogen and oxygen atoms in total. The predicted octanol–water partition coefficient (Wildman–Crippen LogP) is 5.83. The molecule has 1 atom stereocenters. The van der Waals surface area contributed by atoms with Crippen LogP contribution in [-0.4, -0.2) is 9.97 Å². The number of thiophene rings is 1. The van der Waals surface area contributed by atoms with Crippen LogP contribution in [0.25, 0.3) is 10.2 Å². The summed E-state index contributed by atoms with van der Waals surface area (Å²) in [6, 6.07) is 7.73. The normalized spacial score (nSPS) is 12.6. The maximum atomic E-state index is 12.6. The van der Waals surface area contributed by atoms with Crippen LogP contribution in [0.2, 0.25) is 5.02 Å². The fraction of sp³-hybridized carbons (Fsp3) is 0.368. The highest BCUT2D eigenvalue weighted by Gasteiger charge is 2.16. The van der Waals surface area contributed by atoms with Crippen LogP contribution in [0.1, 0.15) is 36.3 Å². The SMILES string of the molecule is CC[C@@H](C)Cc1c(C)sc2nc(SCc3ccc(Cl)cc3)[nH]c(=O)c12. The number of nitrogens with zero attached hydrogens (tertiary/aromatic N) is 1. The molecule has 3 rings (SSSR count). The first-order valence-electron chi connectivity index (χ1n) is 8.37. The van der Waals surface area contributed by atoms with Gasteiger partial charge in [-0.15, -0.1) is 11.3 Å². The van der Waals surface area contributed by atoms with Crippen molar-refractivity contribution < 1.29 is 0 Å². The number of thioether (sulfide) groups is 1. The average Bonchev–Trinajstić information content (AvgIpc) is 2.90. The summed E-state index contributed by atoms with van der Waals surface area (Å²) in [5.74, 6) is 1.31. The molecular weight excluding hydrogens is 372 g/mol. The molecule has 0 spiro atoms. The van der Waals surface area contributed by atoms with E-state index in [9.17, 15) is 4.79 Å². The second-order valence-corrected chi connectivity index (χ2v) is 8.92. The smallest absolute Gasteiger partial charge is 0.260 e. The minimum absolute atomic E-state index is 0.0220. The summed E-state index contributed by atoms with van der Waals surface area (Å²) in [5.41, 5.74) is 2.29. The molecule has 0 amide bonds. The number of halogens is 1. The molecule has 0 aliphatic carbocycles. The number of aromatic nitrogens is 2. The molecule has 1 N–H and O–H groups in total. The number of H-pyrrole nitrogens is 1. The summed E-state index contributed by atoms with van der Waals surface area (Å²) in [4.78, 5) is 22.3. The molecule has 2 aromatic heterocycles. The van der Waals surface area contributed by atoms with Gasteiger partial charge in [-0.1, -0.05) is 55.8 Å². The quantitative estimate of drug-likeness (QED) is 0.424. The first-order valence-corrected chi connectivity index (χ1v) is 10.6. The first kappa shape index (κ1) is 18.5. The van der Waals surface area contributed by atoms with E-state index in [0.29, 0.717) is 11.1 Å². The predicted molar refractivity (Wildman–Crippen MR) is 109 cm³/mol. The van der Waals surface area contributed by atoms with Crippen LogP contribution in [0.3, 0.4) is 0 Å². The molecule has 3 aromatic rings. The van der Waals surface area contributed by atoms with Crippen molar-refractivity contribution in [3.05, 3.63) is 55.6 Å². The number of benzene rings is 1. The molecule has 1 aromatic carbocycles. The highest BCUT2D eigenvalue weighted by atomic mass is 35.5. The van der Waals surface area contributed by atoms with E-state index in [0.717, 1.165) is 45.0 Å². The highest BCUT2D eigenvalue weighted by Crippen LogP contribution is 2.31. The fourth-order valence-electron chi connectivity index (χ4n) is 2.69. The van der Waals surface area contributed by atoms with Gasteiger partial charge in [0.1, 0.15) is 4.83 Å². The van der Waals surface area contributed by atoms with E-state index in [2.05, 4.69) is 30.7 Å². The van der Waals surface area contributed by atoms with Gasteiger partial charge in [-0.2, -0.15) is 0 Å². The van der Waals surface area contributed by atoms with Crippen molar-refractivity contribution in [3.63, 3.8) is 0 Å². The van der Waals surface area contributed by atoms with Crippen molar-refractivity contribution >= 4 is 44.9 Å². The van der Waals surface area contributed by atoms with E-state index >= 15 is 0 Å². The van der Waals surface area contributed by atoms with E-state index in [1.165, 1.54) is 16.6 Å². The lowest BCUT2D eigenvalue weighted by atomic mass is 9.98. The van der Waals surface area contributed by atoms with Gasteiger partial charge in [0, 0.05) is 15.7 Å². The first-order chi connectivity index (χ1) is 12.0. The van der Waals surface area contributed by atoms with Crippen LogP contribution >= 0.6 is 34.7 Å². The van der Waals surface area contributed by atoms with Crippen LogP contribution in [0.4, 0.5) is 0 Å². The molecule has 0 saturated heterocycles. The Bertz CT molecular complexity index is 931. The van der Waals surface area contributed by atoms with Gasteiger partial charge in [-0.25, -0.2) is 4.98 Å². The van der Waals surface area contributed by atoms with E-state index in [4.69, 9.17) is 11.6 Å². The topological polar surface area (TPSA) is 45.8 Å². The van der Waals surface area contributed by atoms with Crippen LogP contribution in [0.15, 0.2) is 34.2 Å². The number of hydrogen-bond donors (Lipinski definition) is 1. The Morgan fingerprint density at radius 1 is 1.32 bits per heavy atom. The van der Waals surface area contributed by atoms with Crippen LogP contribution in [0.5, 0.6) is 0 Å². The van der Waals surface area contributed by atoms with Gasteiger partial charge in [0.25, 0.3) is 5.56 Å². The Morgan fingerprint density at radius 3 is 2.72 bits per heavy atom. The fourth-order valence-corrected chi connectivity index (χ4v) is 4.75. The zero-order valence-electron chi connectivity index (χ0n) is 14.6. The molecule has 0 aliphatic rings. The Hall–Kier alpha value is -1.30. The van der Waals surface area contributed by atoms with Crippen LogP contribution < -0.4 is 5.56 Å². The van der Waals surface area contributed by atoms with Gasteiger partial charge < -0.3 is 4.98 Å². The monoisotopic (exact) mass is 392 g/mol. The van der Waals surface area contributed by atoms with Crippen molar-refractivity contribution in [2.24, 2.45) is 5.92 Å². The second kappa shape index (κ2) is 7.94. The molecule has 132 valence electrons. The number of nitrogens with one attached hydrogen (secondary N) is 1. The minimum Gasteiger partial charge on any atom is -0.301 e. The lowest BCUT2D eigenvalue weighted by Gasteiger charge is -2.08. The van der Waals surface area contributed by atoms with Crippen molar-refractivity contribution in [1.29, 1.82) is 0 Å². The summed E-state index contributed by atoms with van der Waals surface area (Å²) in [6.45, 7) is 6.49. The summed E-state index contributed by atoms with van der Waals surface area (Å²) in [7, 11) is 0. The Morgan fingerprint density at radius 2 is 2.04 bits per heavy atom. The third kappa shape index (κ3) is 4.27. The van der Waals surface area contributed by atoms with Gasteiger partial charge in [0.2, 0.25) is 0 Å². The van der Waals surface area contributed by atoms with Crippen LogP contribution in [0, 0.1) is 12.8 Å². The lowest BCUT2D eigenvalue weighted by Crippen LogP contribution is -2.11. The Kier molecular flexibility index (Phi) is 5.87. The number of rotatable bonds is 6. The molecule has 0 fully saturated rings. The van der Waals surface area contributed by atoms with E-state index in [1.54, 1.807) is 11.3 Å². The van der Waals surface area contributed by atoms with E-state index < -0.39 is 0 Å². The number of fused-ring (bicyclic) bond motifs is 1. The zero-order valence-corrected chi connectivity index (χ0v) is 16.9. The number of aryl methyl sites for hydroxylation is 1. The van der Waals surface area contributed by atoms with Gasteiger partial charge in [0.05, 0.1) is 5.39 Å². The molecule has 0 aliphatic heterocycles. The minimum atomic E-state index is -0.0220. The highest BCUT2D eigenvalue weighted by molar-refractivity contribution is 7.98. The molecule has 0 radical (unpaired) electrons. The van der Waals surface area contributed by atoms with E-state index in [-0.39, 0.29) is 5.56 Å². The molecule has 0 unspecified atom stereocenters. The third-order valence-electron chi connectivity index (χ3n) is 4.38. The largest absolute Gasteiger partial charge is 0.301 e. The van der Waals surface area contributed by atoms with E-state index in [1.807, 2.05) is 24.3 Å². The van der Waals surface area contributed by atoms with Gasteiger partial charge in [-0.05, 0) is 42.5 Å². The second-order valence-electron chi connectivity index (χ2n) is 6.32. The molecule has 0 bridgehead atoms. The maximum absolute atomic E-state index is 12.6. The van der Waals surface area contributed by atoms with Crippen molar-refractivity contribution in [1.82, 2.24) is 9.97 Å².